The van der Waals surface area contributed by atoms with Crippen LogP contribution in [0.15, 0.2) is 36.5 Å². The van der Waals surface area contributed by atoms with Gasteiger partial charge in [0.2, 0.25) is 5.91 Å². The van der Waals surface area contributed by atoms with E-state index >= 15 is 0 Å². The fourth-order valence-electron chi connectivity index (χ4n) is 2.84. The van der Waals surface area contributed by atoms with Crippen LogP contribution < -0.4 is 5.32 Å². The predicted molar refractivity (Wildman–Crippen MR) is 89.3 cm³/mol. The Bertz CT molecular complexity index is 679. The van der Waals surface area contributed by atoms with Crippen molar-refractivity contribution in [2.75, 3.05) is 39.8 Å². The summed E-state index contributed by atoms with van der Waals surface area (Å²) in [5, 5.41) is 7.55. The van der Waals surface area contributed by atoms with Crippen molar-refractivity contribution in [3.05, 3.63) is 48.0 Å². The van der Waals surface area contributed by atoms with Gasteiger partial charge in [-0.15, -0.1) is 0 Å². The van der Waals surface area contributed by atoms with Crippen LogP contribution >= 0.6 is 0 Å². The van der Waals surface area contributed by atoms with Crippen LogP contribution in [0.4, 0.5) is 4.39 Å². The quantitative estimate of drug-likeness (QED) is 0.884. The molecule has 1 aliphatic heterocycles. The van der Waals surface area contributed by atoms with Gasteiger partial charge in [-0.25, -0.2) is 9.07 Å². The van der Waals surface area contributed by atoms with Gasteiger partial charge in [-0.2, -0.15) is 5.10 Å². The standard InChI is InChI=1S/C17H22FN5O/c1-21(13-17(24)22-10-8-19-9-11-22)12-16-6-7-20-23(16)15-4-2-14(18)3-5-15/h2-7,19H,8-13H2,1H3. The van der Waals surface area contributed by atoms with Gasteiger partial charge in [0.1, 0.15) is 5.82 Å². The van der Waals surface area contributed by atoms with Crippen molar-refractivity contribution in [3.8, 4) is 5.69 Å². The van der Waals surface area contributed by atoms with Crippen molar-refractivity contribution in [3.63, 3.8) is 0 Å². The molecular weight excluding hydrogens is 309 g/mol. The maximum Gasteiger partial charge on any atom is 0.236 e. The molecule has 128 valence electrons. The van der Waals surface area contributed by atoms with Gasteiger partial charge in [-0.05, 0) is 37.4 Å². The van der Waals surface area contributed by atoms with Gasteiger partial charge in [0.25, 0.3) is 0 Å². The Balaban J connectivity index is 1.62. The van der Waals surface area contributed by atoms with Crippen LogP contribution in [-0.2, 0) is 11.3 Å². The molecule has 3 rings (SSSR count). The number of amides is 1. The van der Waals surface area contributed by atoms with Crippen molar-refractivity contribution < 1.29 is 9.18 Å². The molecule has 0 bridgehead atoms. The van der Waals surface area contributed by atoms with E-state index < -0.39 is 0 Å². The summed E-state index contributed by atoms with van der Waals surface area (Å²) < 4.78 is 14.8. The van der Waals surface area contributed by atoms with E-state index in [2.05, 4.69) is 10.4 Å². The van der Waals surface area contributed by atoms with E-state index in [1.165, 1.54) is 12.1 Å². The fourth-order valence-corrected chi connectivity index (χ4v) is 2.84. The average Bonchev–Trinajstić information content (AvgIpc) is 3.04. The normalized spacial score (nSPS) is 15.0. The molecule has 0 saturated carbocycles. The van der Waals surface area contributed by atoms with Gasteiger partial charge in [-0.3, -0.25) is 9.69 Å². The van der Waals surface area contributed by atoms with Gasteiger partial charge >= 0.3 is 0 Å². The predicted octanol–water partition coefficient (Wildman–Crippen LogP) is 0.875. The lowest BCUT2D eigenvalue weighted by Crippen LogP contribution is -2.49. The summed E-state index contributed by atoms with van der Waals surface area (Å²) in [4.78, 5) is 16.2. The first kappa shape index (κ1) is 16.6. The fraction of sp³-hybridized carbons (Fsp3) is 0.412. The number of carbonyl (C=O) groups excluding carboxylic acids is 1. The molecule has 1 fully saturated rings. The molecule has 0 aliphatic carbocycles. The molecule has 0 spiro atoms. The lowest BCUT2D eigenvalue weighted by Gasteiger charge is -2.29. The number of rotatable bonds is 5. The number of benzene rings is 1. The lowest BCUT2D eigenvalue weighted by atomic mass is 10.3. The molecule has 1 saturated heterocycles. The van der Waals surface area contributed by atoms with Crippen LogP contribution in [0.2, 0.25) is 0 Å². The zero-order chi connectivity index (χ0) is 16.9. The van der Waals surface area contributed by atoms with Crippen LogP contribution in [0.1, 0.15) is 5.69 Å². The van der Waals surface area contributed by atoms with Crippen LogP contribution in [0.3, 0.4) is 0 Å². The number of nitrogens with zero attached hydrogens (tertiary/aromatic N) is 4. The van der Waals surface area contributed by atoms with Gasteiger partial charge in [0, 0.05) is 38.9 Å². The molecule has 1 aliphatic rings. The molecule has 7 heteroatoms. The average molecular weight is 331 g/mol. The molecule has 2 heterocycles. The second-order valence-corrected chi connectivity index (χ2v) is 6.01. The SMILES string of the molecule is CN(CC(=O)N1CCNCC1)Cc1ccnn1-c1ccc(F)cc1. The summed E-state index contributed by atoms with van der Waals surface area (Å²) >= 11 is 0. The van der Waals surface area contributed by atoms with Gasteiger partial charge in [0.05, 0.1) is 17.9 Å². The maximum atomic E-state index is 13.1. The van der Waals surface area contributed by atoms with E-state index in [1.807, 2.05) is 22.9 Å². The van der Waals surface area contributed by atoms with E-state index in [-0.39, 0.29) is 11.7 Å². The Hall–Kier alpha value is -2.25. The highest BCUT2D eigenvalue weighted by atomic mass is 19.1. The molecule has 1 N–H and O–H groups in total. The van der Waals surface area contributed by atoms with Gasteiger partial charge in [-0.1, -0.05) is 0 Å². The van der Waals surface area contributed by atoms with Gasteiger partial charge in [0.15, 0.2) is 0 Å². The third-order valence-corrected chi connectivity index (χ3v) is 4.10. The molecule has 0 atom stereocenters. The summed E-state index contributed by atoms with van der Waals surface area (Å²) in [7, 11) is 1.92. The van der Waals surface area contributed by atoms with Crippen molar-refractivity contribution in [2.45, 2.75) is 6.54 Å². The Kier molecular flexibility index (Phi) is 5.22. The number of halogens is 1. The van der Waals surface area contributed by atoms with Crippen molar-refractivity contribution in [2.24, 2.45) is 0 Å². The van der Waals surface area contributed by atoms with Crippen molar-refractivity contribution in [1.29, 1.82) is 0 Å². The van der Waals surface area contributed by atoms with Crippen LogP contribution in [0.25, 0.3) is 5.69 Å². The second kappa shape index (κ2) is 7.55. The van der Waals surface area contributed by atoms with Gasteiger partial charge < -0.3 is 10.2 Å². The molecule has 1 aromatic carbocycles. The van der Waals surface area contributed by atoms with E-state index in [0.29, 0.717) is 13.1 Å². The van der Waals surface area contributed by atoms with Crippen molar-refractivity contribution in [1.82, 2.24) is 24.9 Å². The number of piperazine rings is 1. The molecule has 0 radical (unpaired) electrons. The topological polar surface area (TPSA) is 53.4 Å². The monoisotopic (exact) mass is 331 g/mol. The molecule has 0 unspecified atom stereocenters. The van der Waals surface area contributed by atoms with Crippen LogP contribution in [-0.4, -0.2) is 65.3 Å². The molecule has 6 nitrogen and oxygen atoms in total. The van der Waals surface area contributed by atoms with E-state index in [4.69, 9.17) is 0 Å². The first-order valence-electron chi connectivity index (χ1n) is 8.09. The Morgan fingerprint density at radius 2 is 1.96 bits per heavy atom. The lowest BCUT2D eigenvalue weighted by molar-refractivity contribution is -0.132. The molecule has 1 aromatic heterocycles. The zero-order valence-electron chi connectivity index (χ0n) is 13.8. The highest BCUT2D eigenvalue weighted by molar-refractivity contribution is 5.78. The summed E-state index contributed by atoms with van der Waals surface area (Å²) in [6, 6.07) is 8.13. The highest BCUT2D eigenvalue weighted by Gasteiger charge is 2.18. The van der Waals surface area contributed by atoms with E-state index in [0.717, 1.165) is 37.6 Å². The molecule has 2 aromatic rings. The number of likely N-dealkylation sites (N-methyl/N-ethyl adjacent to an activating group) is 1. The van der Waals surface area contributed by atoms with Crippen molar-refractivity contribution >= 4 is 5.91 Å². The minimum atomic E-state index is -0.272. The number of aromatic nitrogens is 2. The summed E-state index contributed by atoms with van der Waals surface area (Å²) in [6.45, 7) is 4.20. The third-order valence-electron chi connectivity index (χ3n) is 4.10. The van der Waals surface area contributed by atoms with E-state index in [9.17, 15) is 9.18 Å². The molecule has 1 amide bonds. The summed E-state index contributed by atoms with van der Waals surface area (Å²) in [6.07, 6.45) is 1.71. The molecule has 24 heavy (non-hydrogen) atoms. The Labute approximate surface area is 140 Å². The number of carbonyl (C=O) groups is 1. The zero-order valence-corrected chi connectivity index (χ0v) is 13.8. The minimum Gasteiger partial charge on any atom is -0.339 e. The summed E-state index contributed by atoms with van der Waals surface area (Å²) in [5.74, 6) is -0.127. The third kappa shape index (κ3) is 3.98. The highest BCUT2D eigenvalue weighted by Crippen LogP contribution is 2.13. The van der Waals surface area contributed by atoms with Crippen LogP contribution in [0.5, 0.6) is 0 Å². The largest absolute Gasteiger partial charge is 0.339 e. The first-order chi connectivity index (χ1) is 11.6. The van der Waals surface area contributed by atoms with Crippen LogP contribution in [0, 0.1) is 5.82 Å². The molecular formula is C17H22FN5O. The second-order valence-electron chi connectivity index (χ2n) is 6.01. The number of nitrogens with one attached hydrogen (secondary N) is 1. The number of hydrogen-bond donors (Lipinski definition) is 1. The first-order valence-corrected chi connectivity index (χ1v) is 8.09. The Morgan fingerprint density at radius 1 is 1.25 bits per heavy atom. The maximum absolute atomic E-state index is 13.1. The smallest absolute Gasteiger partial charge is 0.236 e. The van der Waals surface area contributed by atoms with E-state index in [1.54, 1.807) is 23.0 Å². The summed E-state index contributed by atoms with van der Waals surface area (Å²) in [5.41, 5.74) is 1.76. The number of hydrogen-bond acceptors (Lipinski definition) is 4. The minimum absolute atomic E-state index is 0.145. The Morgan fingerprint density at radius 3 is 2.67 bits per heavy atom.